The lowest BCUT2D eigenvalue weighted by atomic mass is 10.3. The van der Waals surface area contributed by atoms with Crippen LogP contribution in [0, 0.1) is 0 Å². The summed E-state index contributed by atoms with van der Waals surface area (Å²) < 4.78 is 9.04. The molecular formula is C19H17N6O3S-. The number of carbonyl (C=O) groups excluding carboxylic acids is 1. The molecule has 4 rings (SSSR count). The van der Waals surface area contributed by atoms with Gasteiger partial charge in [-0.25, -0.2) is 4.68 Å². The van der Waals surface area contributed by atoms with Gasteiger partial charge in [0.05, 0.1) is 18.1 Å². The molecule has 0 saturated heterocycles. The van der Waals surface area contributed by atoms with Crippen molar-refractivity contribution in [1.82, 2.24) is 29.8 Å². The molecule has 148 valence electrons. The lowest BCUT2D eigenvalue weighted by molar-refractivity contribution is -0.301. The van der Waals surface area contributed by atoms with Gasteiger partial charge in [0.25, 0.3) is 0 Å². The van der Waals surface area contributed by atoms with E-state index in [-0.39, 0.29) is 5.75 Å². The molecule has 4 aromatic rings. The second-order valence-corrected chi connectivity index (χ2v) is 7.00. The number of carboxylic acid groups (broad SMARTS) is 1. The summed E-state index contributed by atoms with van der Waals surface area (Å²) in [4.78, 5) is 10.9. The first-order valence-corrected chi connectivity index (χ1v) is 9.92. The molecule has 2 aromatic carbocycles. The maximum atomic E-state index is 10.9. The van der Waals surface area contributed by atoms with Crippen molar-refractivity contribution in [2.75, 3.05) is 12.4 Å². The molecule has 29 heavy (non-hydrogen) atoms. The van der Waals surface area contributed by atoms with Gasteiger partial charge in [-0.1, -0.05) is 29.1 Å². The Hall–Kier alpha value is -3.40. The van der Waals surface area contributed by atoms with Gasteiger partial charge in [0.2, 0.25) is 0 Å². The Morgan fingerprint density at radius 1 is 1.10 bits per heavy atom. The number of aliphatic carboxylic acids is 1. The fraction of sp³-hybridized carbons (Fsp3) is 0.211. The SMILES string of the molecule is CCOc1ccc(-n2c(Cn3nnc4ccccc43)nnc2SCC(=O)[O-])cc1. The lowest BCUT2D eigenvalue weighted by Crippen LogP contribution is -2.24. The van der Waals surface area contributed by atoms with Crippen LogP contribution in [0.5, 0.6) is 5.75 Å². The summed E-state index contributed by atoms with van der Waals surface area (Å²) in [6, 6.07) is 15.1. The largest absolute Gasteiger partial charge is 0.549 e. The van der Waals surface area contributed by atoms with E-state index < -0.39 is 5.97 Å². The number of aromatic nitrogens is 6. The summed E-state index contributed by atoms with van der Waals surface area (Å²) >= 11 is 1.05. The zero-order valence-electron chi connectivity index (χ0n) is 15.6. The molecule has 0 aliphatic rings. The number of nitrogens with zero attached hydrogens (tertiary/aromatic N) is 6. The average molecular weight is 409 g/mol. The van der Waals surface area contributed by atoms with Crippen LogP contribution in [-0.4, -0.2) is 48.1 Å². The van der Waals surface area contributed by atoms with E-state index in [1.807, 2.05) is 55.5 Å². The van der Waals surface area contributed by atoms with Gasteiger partial charge in [-0.2, -0.15) is 0 Å². The Morgan fingerprint density at radius 3 is 2.66 bits per heavy atom. The standard InChI is InChI=1S/C19H18N6O3S/c1-2-28-14-9-7-13(8-10-14)25-17(21-22-19(25)29-12-18(26)27)11-24-16-6-4-3-5-15(16)20-23-24/h3-10H,2,11-12H2,1H3,(H,26,27)/p-1. The number of para-hydroxylation sites is 1. The van der Waals surface area contributed by atoms with Crippen LogP contribution < -0.4 is 9.84 Å². The predicted molar refractivity (Wildman–Crippen MR) is 105 cm³/mol. The zero-order chi connectivity index (χ0) is 20.2. The van der Waals surface area contributed by atoms with Crippen LogP contribution in [0.3, 0.4) is 0 Å². The number of rotatable bonds is 8. The minimum absolute atomic E-state index is 0.221. The fourth-order valence-electron chi connectivity index (χ4n) is 2.91. The van der Waals surface area contributed by atoms with Crippen molar-refractivity contribution in [1.29, 1.82) is 0 Å². The first kappa shape index (κ1) is 18.9. The Bertz CT molecular complexity index is 1140. The van der Waals surface area contributed by atoms with Crippen molar-refractivity contribution >= 4 is 28.8 Å². The number of thioether (sulfide) groups is 1. The van der Waals surface area contributed by atoms with Crippen LogP contribution in [0.4, 0.5) is 0 Å². The van der Waals surface area contributed by atoms with Gasteiger partial charge in [-0.05, 0) is 43.3 Å². The third kappa shape index (κ3) is 4.06. The third-order valence-electron chi connectivity index (χ3n) is 4.14. The minimum atomic E-state index is -1.17. The van der Waals surface area contributed by atoms with Crippen molar-refractivity contribution in [2.45, 2.75) is 18.6 Å². The molecule has 0 unspecified atom stereocenters. The number of carbonyl (C=O) groups is 1. The molecule has 0 bridgehead atoms. The monoisotopic (exact) mass is 409 g/mol. The van der Waals surface area contributed by atoms with Crippen molar-refractivity contribution in [3.05, 3.63) is 54.4 Å². The highest BCUT2D eigenvalue weighted by atomic mass is 32.2. The topological polar surface area (TPSA) is 111 Å². The van der Waals surface area contributed by atoms with Gasteiger partial charge >= 0.3 is 0 Å². The number of carboxylic acids is 1. The Labute approximate surface area is 170 Å². The maximum absolute atomic E-state index is 10.9. The molecule has 0 fully saturated rings. The maximum Gasteiger partial charge on any atom is 0.196 e. The molecule has 0 N–H and O–H groups in total. The molecule has 0 spiro atoms. The van der Waals surface area contributed by atoms with Crippen LogP contribution in [-0.2, 0) is 11.3 Å². The van der Waals surface area contributed by atoms with E-state index in [2.05, 4.69) is 20.5 Å². The van der Waals surface area contributed by atoms with Gasteiger partial charge < -0.3 is 14.6 Å². The molecule has 0 atom stereocenters. The number of hydrogen-bond acceptors (Lipinski definition) is 8. The normalized spacial score (nSPS) is 11.1. The molecule has 2 heterocycles. The predicted octanol–water partition coefficient (Wildman–Crippen LogP) is 1.30. The fourth-order valence-corrected chi connectivity index (χ4v) is 3.59. The smallest absolute Gasteiger partial charge is 0.196 e. The van der Waals surface area contributed by atoms with Gasteiger partial charge in [0, 0.05) is 11.4 Å². The Balaban J connectivity index is 1.72. The summed E-state index contributed by atoms with van der Waals surface area (Å²) in [5, 5.41) is 28.2. The quantitative estimate of drug-likeness (QED) is 0.401. The van der Waals surface area contributed by atoms with E-state index in [9.17, 15) is 9.90 Å². The van der Waals surface area contributed by atoms with Crippen LogP contribution in [0.25, 0.3) is 16.7 Å². The average Bonchev–Trinajstić information content (AvgIpc) is 3.32. The summed E-state index contributed by atoms with van der Waals surface area (Å²) in [6.07, 6.45) is 0. The summed E-state index contributed by atoms with van der Waals surface area (Å²) in [5.41, 5.74) is 2.45. The molecule has 0 saturated carbocycles. The highest BCUT2D eigenvalue weighted by Crippen LogP contribution is 2.24. The van der Waals surface area contributed by atoms with E-state index in [1.165, 1.54) is 0 Å². The van der Waals surface area contributed by atoms with Crippen molar-refractivity contribution < 1.29 is 14.6 Å². The Kier molecular flexibility index (Phi) is 5.43. The minimum Gasteiger partial charge on any atom is -0.549 e. The van der Waals surface area contributed by atoms with E-state index >= 15 is 0 Å². The zero-order valence-corrected chi connectivity index (χ0v) is 16.4. The molecule has 0 aliphatic heterocycles. The molecule has 2 aromatic heterocycles. The van der Waals surface area contributed by atoms with E-state index in [0.717, 1.165) is 34.2 Å². The van der Waals surface area contributed by atoms with Gasteiger partial charge in [0.15, 0.2) is 11.0 Å². The number of benzene rings is 2. The number of fused-ring (bicyclic) bond motifs is 1. The summed E-state index contributed by atoms with van der Waals surface area (Å²) in [7, 11) is 0. The molecular weight excluding hydrogens is 392 g/mol. The molecule has 0 amide bonds. The first-order chi connectivity index (χ1) is 14.2. The van der Waals surface area contributed by atoms with Gasteiger partial charge in [-0.15, -0.1) is 15.3 Å². The van der Waals surface area contributed by atoms with Crippen LogP contribution in [0.15, 0.2) is 53.7 Å². The van der Waals surface area contributed by atoms with Crippen molar-refractivity contribution in [2.24, 2.45) is 0 Å². The summed E-state index contributed by atoms with van der Waals surface area (Å²) in [5.74, 6) is -0.0377. The highest BCUT2D eigenvalue weighted by molar-refractivity contribution is 7.99. The van der Waals surface area contributed by atoms with Gasteiger partial charge in [-0.3, -0.25) is 4.57 Å². The molecule has 10 heteroatoms. The molecule has 9 nitrogen and oxygen atoms in total. The lowest BCUT2D eigenvalue weighted by Gasteiger charge is -2.12. The second kappa shape index (κ2) is 8.31. The van der Waals surface area contributed by atoms with E-state index in [4.69, 9.17) is 4.74 Å². The number of ether oxygens (including phenoxy) is 1. The third-order valence-corrected chi connectivity index (χ3v) is 5.04. The van der Waals surface area contributed by atoms with E-state index in [0.29, 0.717) is 24.1 Å². The first-order valence-electron chi connectivity index (χ1n) is 8.94. The number of hydrogen-bond donors (Lipinski definition) is 0. The van der Waals surface area contributed by atoms with Crippen molar-refractivity contribution in [3.8, 4) is 11.4 Å². The second-order valence-electron chi connectivity index (χ2n) is 6.06. The van der Waals surface area contributed by atoms with E-state index in [1.54, 1.807) is 9.25 Å². The van der Waals surface area contributed by atoms with Crippen molar-refractivity contribution in [3.63, 3.8) is 0 Å². The van der Waals surface area contributed by atoms with Crippen LogP contribution >= 0.6 is 11.8 Å². The van der Waals surface area contributed by atoms with Crippen LogP contribution in [0.1, 0.15) is 12.7 Å². The summed E-state index contributed by atoms with van der Waals surface area (Å²) in [6.45, 7) is 2.82. The van der Waals surface area contributed by atoms with Gasteiger partial charge in [0.1, 0.15) is 17.8 Å². The molecule has 0 aliphatic carbocycles. The highest BCUT2D eigenvalue weighted by Gasteiger charge is 2.17. The molecule has 0 radical (unpaired) electrons. The van der Waals surface area contributed by atoms with Crippen LogP contribution in [0.2, 0.25) is 0 Å². The Morgan fingerprint density at radius 2 is 1.90 bits per heavy atom.